The molecule has 0 spiro atoms. The van der Waals surface area contributed by atoms with Gasteiger partial charge in [-0.1, -0.05) is 18.2 Å². The Morgan fingerprint density at radius 1 is 1.31 bits per heavy atom. The van der Waals surface area contributed by atoms with Crippen LogP contribution in [0.15, 0.2) is 35.7 Å². The van der Waals surface area contributed by atoms with Gasteiger partial charge in [-0.2, -0.15) is 0 Å². The Morgan fingerprint density at radius 3 is 2.54 bits per heavy atom. The highest BCUT2D eigenvalue weighted by Crippen LogP contribution is 2.12. The van der Waals surface area contributed by atoms with Gasteiger partial charge >= 0.3 is 0 Å². The normalized spacial score (nSPS) is 10.6. The number of hydrogen-bond acceptors (Lipinski definition) is 2. The first-order chi connectivity index (χ1) is 6.36. The molecule has 0 aromatic heterocycles. The minimum atomic E-state index is 0.914. The van der Waals surface area contributed by atoms with Crippen molar-refractivity contribution in [3.63, 3.8) is 0 Å². The van der Waals surface area contributed by atoms with Crippen LogP contribution >= 0.6 is 11.8 Å². The van der Waals surface area contributed by atoms with Crippen LogP contribution in [0.25, 0.3) is 0 Å². The van der Waals surface area contributed by atoms with Crippen molar-refractivity contribution in [3.8, 4) is 5.75 Å². The van der Waals surface area contributed by atoms with Gasteiger partial charge in [-0.05, 0) is 35.8 Å². The van der Waals surface area contributed by atoms with Gasteiger partial charge in [0.25, 0.3) is 0 Å². The third kappa shape index (κ3) is 3.55. The number of rotatable bonds is 4. The van der Waals surface area contributed by atoms with Gasteiger partial charge in [-0.25, -0.2) is 0 Å². The van der Waals surface area contributed by atoms with Crippen LogP contribution in [0.3, 0.4) is 0 Å². The van der Waals surface area contributed by atoms with Gasteiger partial charge in [0.15, 0.2) is 0 Å². The van der Waals surface area contributed by atoms with Gasteiger partial charge in [-0.15, -0.1) is 11.8 Å². The van der Waals surface area contributed by atoms with Gasteiger partial charge in [0.2, 0.25) is 0 Å². The number of thioether (sulfide) groups is 1. The fraction of sp³-hybridized carbons (Fsp3) is 0.273. The van der Waals surface area contributed by atoms with Crippen LogP contribution < -0.4 is 4.74 Å². The Kier molecular flexibility index (Phi) is 4.47. The first-order valence-corrected chi connectivity index (χ1v) is 5.46. The highest BCUT2D eigenvalue weighted by atomic mass is 32.2. The molecule has 0 bridgehead atoms. The van der Waals surface area contributed by atoms with E-state index in [0.29, 0.717) is 0 Å². The average Bonchev–Trinajstić information content (AvgIpc) is 2.19. The zero-order valence-corrected chi connectivity index (χ0v) is 8.80. The summed E-state index contributed by atoms with van der Waals surface area (Å²) in [5, 5.41) is 2.10. The second-order valence-electron chi connectivity index (χ2n) is 2.66. The molecule has 0 saturated carbocycles. The number of allylic oxidation sites excluding steroid dienone is 1. The third-order valence-electron chi connectivity index (χ3n) is 1.74. The van der Waals surface area contributed by atoms with E-state index >= 15 is 0 Å². The van der Waals surface area contributed by atoms with Crippen molar-refractivity contribution in [2.24, 2.45) is 0 Å². The van der Waals surface area contributed by atoms with Gasteiger partial charge in [0.05, 0.1) is 7.11 Å². The summed E-state index contributed by atoms with van der Waals surface area (Å²) in [6.45, 7) is 0. The zero-order valence-electron chi connectivity index (χ0n) is 7.99. The quantitative estimate of drug-likeness (QED) is 0.728. The largest absolute Gasteiger partial charge is 0.497 e. The van der Waals surface area contributed by atoms with Crippen LogP contribution in [-0.4, -0.2) is 13.4 Å². The van der Waals surface area contributed by atoms with Crippen LogP contribution in [0.4, 0.5) is 0 Å². The molecule has 0 atom stereocenters. The van der Waals surface area contributed by atoms with Crippen molar-refractivity contribution in [2.75, 3.05) is 13.4 Å². The van der Waals surface area contributed by atoms with E-state index in [9.17, 15) is 0 Å². The molecule has 0 heterocycles. The lowest BCUT2D eigenvalue weighted by molar-refractivity contribution is 0.414. The summed E-state index contributed by atoms with van der Waals surface area (Å²) in [7, 11) is 1.68. The molecule has 0 amide bonds. The maximum Gasteiger partial charge on any atom is 0.118 e. The highest BCUT2D eigenvalue weighted by Gasteiger charge is 1.90. The smallest absolute Gasteiger partial charge is 0.118 e. The van der Waals surface area contributed by atoms with E-state index in [0.717, 1.165) is 12.2 Å². The summed E-state index contributed by atoms with van der Waals surface area (Å²) in [5.74, 6) is 0.914. The first-order valence-electron chi connectivity index (χ1n) is 4.17. The molecule has 2 heteroatoms. The van der Waals surface area contributed by atoms with E-state index in [4.69, 9.17) is 4.74 Å². The van der Waals surface area contributed by atoms with Crippen LogP contribution in [0.2, 0.25) is 0 Å². The Bertz CT molecular complexity index is 264. The molecule has 1 aromatic rings. The lowest BCUT2D eigenvalue weighted by Crippen LogP contribution is -1.84. The van der Waals surface area contributed by atoms with Crippen molar-refractivity contribution in [1.82, 2.24) is 0 Å². The molecule has 0 saturated heterocycles. The van der Waals surface area contributed by atoms with Crippen molar-refractivity contribution < 1.29 is 4.74 Å². The fourth-order valence-electron chi connectivity index (χ4n) is 1.04. The minimum Gasteiger partial charge on any atom is -0.497 e. The SMILES string of the molecule is COc1ccc(C/C=C/SC)cc1. The molecule has 0 aliphatic rings. The predicted octanol–water partition coefficient (Wildman–Crippen LogP) is 3.11. The van der Waals surface area contributed by atoms with E-state index < -0.39 is 0 Å². The summed E-state index contributed by atoms with van der Waals surface area (Å²) in [6, 6.07) is 8.15. The molecular weight excluding hydrogens is 180 g/mol. The molecule has 70 valence electrons. The average molecular weight is 194 g/mol. The standard InChI is InChI=1S/C11H14OS/c1-12-11-7-5-10(6-8-11)4-3-9-13-2/h3,5-9H,4H2,1-2H3/b9-3+. The second kappa shape index (κ2) is 5.70. The monoisotopic (exact) mass is 194 g/mol. The fourth-order valence-corrected chi connectivity index (χ4v) is 1.33. The Labute approximate surface area is 83.8 Å². The van der Waals surface area contributed by atoms with E-state index in [1.54, 1.807) is 18.9 Å². The number of benzene rings is 1. The topological polar surface area (TPSA) is 9.23 Å². The molecule has 0 unspecified atom stereocenters. The van der Waals surface area contributed by atoms with Gasteiger partial charge < -0.3 is 4.74 Å². The number of methoxy groups -OCH3 is 1. The Hall–Kier alpha value is -0.890. The van der Waals surface area contributed by atoms with Crippen LogP contribution in [-0.2, 0) is 6.42 Å². The summed E-state index contributed by atoms with van der Waals surface area (Å²) in [4.78, 5) is 0. The Morgan fingerprint density at radius 2 is 2.00 bits per heavy atom. The molecule has 1 nitrogen and oxygen atoms in total. The first kappa shape index (κ1) is 10.2. The van der Waals surface area contributed by atoms with E-state index in [1.165, 1.54) is 5.56 Å². The molecule has 0 N–H and O–H groups in total. The molecule has 1 rings (SSSR count). The minimum absolute atomic E-state index is 0.914. The predicted molar refractivity (Wildman–Crippen MR) is 59.4 cm³/mol. The van der Waals surface area contributed by atoms with E-state index in [-0.39, 0.29) is 0 Å². The van der Waals surface area contributed by atoms with E-state index in [2.05, 4.69) is 29.9 Å². The molecule has 0 radical (unpaired) electrons. The van der Waals surface area contributed by atoms with Crippen molar-refractivity contribution in [1.29, 1.82) is 0 Å². The molecule has 0 fully saturated rings. The van der Waals surface area contributed by atoms with E-state index in [1.807, 2.05) is 12.1 Å². The lowest BCUT2D eigenvalue weighted by atomic mass is 10.1. The van der Waals surface area contributed by atoms with Crippen molar-refractivity contribution in [3.05, 3.63) is 41.3 Å². The maximum absolute atomic E-state index is 5.07. The molecule has 13 heavy (non-hydrogen) atoms. The number of hydrogen-bond donors (Lipinski definition) is 0. The van der Waals surface area contributed by atoms with Crippen molar-refractivity contribution in [2.45, 2.75) is 6.42 Å². The van der Waals surface area contributed by atoms with Crippen LogP contribution in [0.1, 0.15) is 5.56 Å². The second-order valence-corrected chi connectivity index (χ2v) is 3.40. The lowest BCUT2D eigenvalue weighted by Gasteiger charge is -2.00. The van der Waals surface area contributed by atoms with Crippen molar-refractivity contribution >= 4 is 11.8 Å². The third-order valence-corrected chi connectivity index (χ3v) is 2.21. The van der Waals surface area contributed by atoms with Gasteiger partial charge in [-0.3, -0.25) is 0 Å². The molecule has 0 aliphatic heterocycles. The molecule has 1 aromatic carbocycles. The maximum atomic E-state index is 5.07. The van der Waals surface area contributed by atoms with Crippen LogP contribution in [0.5, 0.6) is 5.75 Å². The Balaban J connectivity index is 2.54. The molecular formula is C11H14OS. The van der Waals surface area contributed by atoms with Gasteiger partial charge in [0, 0.05) is 0 Å². The zero-order chi connectivity index (χ0) is 9.52. The summed E-state index contributed by atoms with van der Waals surface area (Å²) in [6.07, 6.45) is 5.21. The van der Waals surface area contributed by atoms with Gasteiger partial charge in [0.1, 0.15) is 5.75 Å². The summed E-state index contributed by atoms with van der Waals surface area (Å²) >= 11 is 1.72. The number of ether oxygens (including phenoxy) is 1. The summed E-state index contributed by atoms with van der Waals surface area (Å²) in [5.41, 5.74) is 1.31. The van der Waals surface area contributed by atoms with Crippen LogP contribution in [0, 0.1) is 0 Å². The molecule has 0 aliphatic carbocycles. The highest BCUT2D eigenvalue weighted by molar-refractivity contribution is 8.01. The summed E-state index contributed by atoms with van der Waals surface area (Å²) < 4.78 is 5.07.